The Balaban J connectivity index is 1.25. The maximum absolute atomic E-state index is 12.1. The normalized spacial score (nSPS) is 14.8. The maximum Gasteiger partial charge on any atom is 0.326 e. The summed E-state index contributed by atoms with van der Waals surface area (Å²) in [6.07, 6.45) is 4.68. The topological polar surface area (TPSA) is 189 Å². The highest BCUT2D eigenvalue weighted by atomic mass is 35.5. The van der Waals surface area contributed by atoms with E-state index < -0.39 is 34.1 Å². The van der Waals surface area contributed by atoms with Crippen LogP contribution in [0.5, 0.6) is 17.5 Å². The number of carbonyl (C=O) groups is 1. The van der Waals surface area contributed by atoms with E-state index >= 15 is 0 Å². The molecule has 0 amide bonds. The number of nitrogens with zero attached hydrogens (tertiary/aromatic N) is 2. The average Bonchev–Trinajstić information content (AvgIpc) is 3.63. The summed E-state index contributed by atoms with van der Waals surface area (Å²) in [6.45, 7) is 2.14. The quantitative estimate of drug-likeness (QED) is 0.0605. The van der Waals surface area contributed by atoms with Crippen molar-refractivity contribution in [1.82, 2.24) is 20.6 Å². The Bertz CT molecular complexity index is 2370. The zero-order chi connectivity index (χ0) is 41.5. The van der Waals surface area contributed by atoms with Gasteiger partial charge < -0.3 is 34.8 Å². The van der Waals surface area contributed by atoms with Crippen molar-refractivity contribution in [3.8, 4) is 39.8 Å². The van der Waals surface area contributed by atoms with E-state index in [0.717, 1.165) is 45.4 Å². The summed E-state index contributed by atoms with van der Waals surface area (Å²) >= 11 is 13.9. The van der Waals surface area contributed by atoms with Crippen molar-refractivity contribution in [3.63, 3.8) is 0 Å². The van der Waals surface area contributed by atoms with Gasteiger partial charge in [-0.2, -0.15) is 4.98 Å². The standard InChI is InChI=1S/C42H44Cl2N4O9S/c1-42(25-50,41(51)52)47-22-28-20-36(43)40(48-39(28)56-24-26-19-30(23-46-21-26)58(2,53)54)57-37-14-13-33-32(6-4-7-34(33)37)35-8-3-5-31(38(35)44)27-9-11-29(12-10-27)55-18-16-45-15-17-49/h3-12,19-21,23,37,45,47,49-50H,13-18,22,24-25H2,1-2H3,(H,51,52)/t37-,42-/m0/s1. The van der Waals surface area contributed by atoms with Crippen molar-refractivity contribution in [3.05, 3.63) is 117 Å². The van der Waals surface area contributed by atoms with Gasteiger partial charge in [-0.05, 0) is 66.3 Å². The van der Waals surface area contributed by atoms with Gasteiger partial charge in [-0.3, -0.25) is 15.1 Å². The lowest BCUT2D eigenvalue weighted by Crippen LogP contribution is -2.52. The van der Waals surface area contributed by atoms with Crippen LogP contribution in [-0.4, -0.2) is 84.4 Å². The zero-order valence-electron chi connectivity index (χ0n) is 31.9. The Hall–Kier alpha value is -4.80. The Morgan fingerprint density at radius 1 is 0.948 bits per heavy atom. The summed E-state index contributed by atoms with van der Waals surface area (Å²) in [5.41, 5.74) is 4.86. The number of hydrogen-bond donors (Lipinski definition) is 5. The van der Waals surface area contributed by atoms with Crippen molar-refractivity contribution in [2.24, 2.45) is 0 Å². The molecule has 16 heteroatoms. The molecule has 2 atom stereocenters. The van der Waals surface area contributed by atoms with E-state index in [9.17, 15) is 23.4 Å². The van der Waals surface area contributed by atoms with Gasteiger partial charge in [0.15, 0.2) is 9.84 Å². The van der Waals surface area contributed by atoms with Crippen LogP contribution in [0.3, 0.4) is 0 Å². The molecule has 5 N–H and O–H groups in total. The Morgan fingerprint density at radius 2 is 1.69 bits per heavy atom. The van der Waals surface area contributed by atoms with E-state index in [4.69, 9.17) is 42.5 Å². The molecule has 2 aromatic heterocycles. The Labute approximate surface area is 346 Å². The molecule has 0 fully saturated rings. The molecule has 0 saturated heterocycles. The summed E-state index contributed by atoms with van der Waals surface area (Å²) in [5, 5.41) is 35.1. The highest BCUT2D eigenvalue weighted by Crippen LogP contribution is 2.45. The summed E-state index contributed by atoms with van der Waals surface area (Å²) in [6, 6.07) is 22.7. The van der Waals surface area contributed by atoms with E-state index in [1.165, 1.54) is 25.4 Å². The third-order valence-corrected chi connectivity index (χ3v) is 11.5. The zero-order valence-corrected chi connectivity index (χ0v) is 34.2. The van der Waals surface area contributed by atoms with Crippen LogP contribution in [0.2, 0.25) is 10.0 Å². The Kier molecular flexibility index (Phi) is 13.9. The first-order valence-electron chi connectivity index (χ1n) is 18.5. The van der Waals surface area contributed by atoms with E-state index in [1.807, 2.05) is 60.7 Å². The first-order chi connectivity index (χ1) is 27.8. The van der Waals surface area contributed by atoms with Crippen LogP contribution in [0.1, 0.15) is 41.7 Å². The third-order valence-electron chi connectivity index (χ3n) is 9.77. The molecule has 6 rings (SSSR count). The molecule has 2 heterocycles. The van der Waals surface area contributed by atoms with Crippen LogP contribution in [0.4, 0.5) is 0 Å². The number of aliphatic hydroxyl groups excluding tert-OH is 2. The summed E-state index contributed by atoms with van der Waals surface area (Å²) in [4.78, 5) is 20.6. The average molecular weight is 852 g/mol. The van der Waals surface area contributed by atoms with Gasteiger partial charge in [0.05, 0.1) is 23.1 Å². The van der Waals surface area contributed by atoms with Gasteiger partial charge in [0.2, 0.25) is 11.8 Å². The van der Waals surface area contributed by atoms with Crippen molar-refractivity contribution in [2.45, 2.75) is 49.5 Å². The first kappa shape index (κ1) is 42.8. The monoisotopic (exact) mass is 850 g/mol. The highest BCUT2D eigenvalue weighted by Gasteiger charge is 2.33. The molecule has 5 aromatic rings. The second kappa shape index (κ2) is 18.9. The highest BCUT2D eigenvalue weighted by molar-refractivity contribution is 7.90. The smallest absolute Gasteiger partial charge is 0.326 e. The maximum atomic E-state index is 12.1. The molecule has 0 bridgehead atoms. The summed E-state index contributed by atoms with van der Waals surface area (Å²) in [7, 11) is -3.53. The number of aliphatic hydroxyl groups is 2. The van der Waals surface area contributed by atoms with E-state index in [-0.39, 0.29) is 41.4 Å². The minimum absolute atomic E-state index is 0.0239. The molecular weight excluding hydrogens is 807 g/mol. The van der Waals surface area contributed by atoms with Crippen LogP contribution >= 0.6 is 23.2 Å². The molecule has 0 unspecified atom stereocenters. The molecule has 1 aliphatic carbocycles. The van der Waals surface area contributed by atoms with Gasteiger partial charge in [-0.15, -0.1) is 0 Å². The van der Waals surface area contributed by atoms with Crippen molar-refractivity contribution in [2.75, 3.05) is 39.2 Å². The predicted molar refractivity (Wildman–Crippen MR) is 220 cm³/mol. The largest absolute Gasteiger partial charge is 0.492 e. The number of fused-ring (bicyclic) bond motifs is 1. The number of sulfone groups is 1. The minimum Gasteiger partial charge on any atom is -0.492 e. The molecule has 306 valence electrons. The van der Waals surface area contributed by atoms with Crippen molar-refractivity contribution < 1.29 is 42.7 Å². The molecule has 0 saturated carbocycles. The predicted octanol–water partition coefficient (Wildman–Crippen LogP) is 6.05. The van der Waals surface area contributed by atoms with Gasteiger partial charge in [-0.1, -0.05) is 71.7 Å². The molecule has 58 heavy (non-hydrogen) atoms. The number of nitrogens with one attached hydrogen (secondary N) is 2. The number of halogens is 2. The molecular formula is C42H44Cl2N4O9S. The van der Waals surface area contributed by atoms with Crippen LogP contribution in [0.15, 0.2) is 90.1 Å². The fourth-order valence-corrected chi connectivity index (χ4v) is 7.65. The fraction of sp³-hybridized carbons (Fsp3) is 0.310. The van der Waals surface area contributed by atoms with E-state index in [0.29, 0.717) is 48.7 Å². The van der Waals surface area contributed by atoms with Gasteiger partial charge in [0.1, 0.15) is 35.6 Å². The van der Waals surface area contributed by atoms with Crippen LogP contribution in [0, 0.1) is 0 Å². The third kappa shape index (κ3) is 10.1. The number of rotatable bonds is 19. The fourth-order valence-electron chi connectivity index (χ4n) is 6.48. The minimum atomic E-state index is -3.53. The molecule has 1 aliphatic rings. The number of hydrogen-bond acceptors (Lipinski definition) is 12. The first-order valence-corrected chi connectivity index (χ1v) is 21.1. The second-order valence-corrected chi connectivity index (χ2v) is 16.8. The lowest BCUT2D eigenvalue weighted by Gasteiger charge is -2.24. The van der Waals surface area contributed by atoms with E-state index in [1.54, 1.807) is 6.07 Å². The van der Waals surface area contributed by atoms with E-state index in [2.05, 4.69) is 20.6 Å². The van der Waals surface area contributed by atoms with Crippen LogP contribution in [0.25, 0.3) is 22.3 Å². The van der Waals surface area contributed by atoms with Gasteiger partial charge in [0, 0.05) is 60.5 Å². The van der Waals surface area contributed by atoms with Gasteiger partial charge in [-0.25, -0.2) is 8.42 Å². The number of carboxylic acid groups (broad SMARTS) is 1. The Morgan fingerprint density at radius 3 is 2.41 bits per heavy atom. The SMILES string of the molecule is C[C@@](CO)(NCc1cc(Cl)c(O[C@H]2CCc3c(-c4cccc(-c5ccc(OCCNCCO)cc5)c4Cl)cccc32)nc1OCc1cncc(S(C)(=O)=O)c1)C(=O)O. The van der Waals surface area contributed by atoms with Crippen molar-refractivity contribution >= 4 is 39.0 Å². The molecule has 3 aromatic carbocycles. The number of pyridine rings is 2. The molecule has 0 radical (unpaired) electrons. The number of aromatic nitrogens is 2. The van der Waals surface area contributed by atoms with Crippen molar-refractivity contribution in [1.29, 1.82) is 0 Å². The summed E-state index contributed by atoms with van der Waals surface area (Å²) < 4.78 is 42.7. The van der Waals surface area contributed by atoms with Gasteiger partial charge in [0.25, 0.3) is 0 Å². The van der Waals surface area contributed by atoms with Gasteiger partial charge >= 0.3 is 5.97 Å². The number of carboxylic acids is 1. The molecule has 13 nitrogen and oxygen atoms in total. The van der Waals surface area contributed by atoms with Crippen LogP contribution in [-0.2, 0) is 34.2 Å². The lowest BCUT2D eigenvalue weighted by atomic mass is 9.94. The molecule has 0 spiro atoms. The number of benzene rings is 3. The summed E-state index contributed by atoms with van der Waals surface area (Å²) in [5.74, 6) is -0.378. The second-order valence-electron chi connectivity index (χ2n) is 14.0. The molecule has 0 aliphatic heterocycles. The lowest BCUT2D eigenvalue weighted by molar-refractivity contribution is -0.145. The van der Waals surface area contributed by atoms with Crippen LogP contribution < -0.4 is 24.8 Å². The number of aliphatic carboxylic acids is 1. The number of ether oxygens (including phenoxy) is 3.